The number of hydrogen-bond donors (Lipinski definition) is 0. The van der Waals surface area contributed by atoms with Crippen molar-refractivity contribution in [2.24, 2.45) is 0 Å². The Labute approximate surface area is 96.2 Å². The standard InChI is InChI=1S/C14H15NO/c1-16-13-7-4-6-11(9-13)14-8-3-2-5-12(14)10-15/h4-7,9,14H,2-3,8H2,1H3. The second-order valence-corrected chi connectivity index (χ2v) is 4.03. The van der Waals surface area contributed by atoms with Gasteiger partial charge in [-0.25, -0.2) is 0 Å². The van der Waals surface area contributed by atoms with Crippen molar-refractivity contribution < 1.29 is 4.74 Å². The highest BCUT2D eigenvalue weighted by molar-refractivity contribution is 5.40. The predicted octanol–water partition coefficient (Wildman–Crippen LogP) is 3.41. The van der Waals surface area contributed by atoms with E-state index < -0.39 is 0 Å². The summed E-state index contributed by atoms with van der Waals surface area (Å²) in [5.74, 6) is 1.12. The summed E-state index contributed by atoms with van der Waals surface area (Å²) >= 11 is 0. The maximum absolute atomic E-state index is 9.10. The molecule has 0 fully saturated rings. The lowest BCUT2D eigenvalue weighted by Gasteiger charge is -2.20. The maximum atomic E-state index is 9.10. The molecule has 1 aromatic rings. The van der Waals surface area contributed by atoms with Gasteiger partial charge in [-0.15, -0.1) is 0 Å². The minimum absolute atomic E-state index is 0.258. The van der Waals surface area contributed by atoms with E-state index in [4.69, 9.17) is 10.00 Å². The van der Waals surface area contributed by atoms with E-state index in [2.05, 4.69) is 18.2 Å². The Kier molecular flexibility index (Phi) is 3.26. The molecular formula is C14H15NO. The zero-order chi connectivity index (χ0) is 11.4. The monoisotopic (exact) mass is 213 g/mol. The van der Waals surface area contributed by atoms with Gasteiger partial charge in [0.2, 0.25) is 0 Å². The fourth-order valence-corrected chi connectivity index (χ4v) is 2.21. The highest BCUT2D eigenvalue weighted by atomic mass is 16.5. The average Bonchev–Trinajstić information content (AvgIpc) is 2.38. The molecule has 2 rings (SSSR count). The van der Waals surface area contributed by atoms with E-state index in [0.717, 1.165) is 30.6 Å². The minimum Gasteiger partial charge on any atom is -0.497 e. The first-order valence-corrected chi connectivity index (χ1v) is 5.59. The molecule has 16 heavy (non-hydrogen) atoms. The van der Waals surface area contributed by atoms with E-state index >= 15 is 0 Å². The number of ether oxygens (including phenoxy) is 1. The SMILES string of the molecule is COc1cccc(C2CCCC=C2C#N)c1. The van der Waals surface area contributed by atoms with Crippen molar-refractivity contribution in [2.75, 3.05) is 7.11 Å². The van der Waals surface area contributed by atoms with E-state index in [1.54, 1.807) is 7.11 Å². The van der Waals surface area contributed by atoms with E-state index in [0.29, 0.717) is 0 Å². The van der Waals surface area contributed by atoms with Crippen molar-refractivity contribution in [2.45, 2.75) is 25.2 Å². The fraction of sp³-hybridized carbons (Fsp3) is 0.357. The summed E-state index contributed by atoms with van der Waals surface area (Å²) in [6.07, 6.45) is 5.32. The van der Waals surface area contributed by atoms with Crippen LogP contribution in [0.1, 0.15) is 30.7 Å². The van der Waals surface area contributed by atoms with Crippen LogP contribution in [0.25, 0.3) is 0 Å². The first-order chi connectivity index (χ1) is 7.85. The first-order valence-electron chi connectivity index (χ1n) is 5.59. The normalized spacial score (nSPS) is 19.8. The summed E-state index contributed by atoms with van der Waals surface area (Å²) in [4.78, 5) is 0. The molecule has 82 valence electrons. The Hall–Kier alpha value is -1.75. The van der Waals surface area contributed by atoms with Gasteiger partial charge in [0.25, 0.3) is 0 Å². The fourth-order valence-electron chi connectivity index (χ4n) is 2.21. The molecule has 1 unspecified atom stereocenters. The molecule has 1 aromatic carbocycles. The van der Waals surface area contributed by atoms with Gasteiger partial charge in [0, 0.05) is 11.5 Å². The van der Waals surface area contributed by atoms with Gasteiger partial charge >= 0.3 is 0 Å². The van der Waals surface area contributed by atoms with Gasteiger partial charge in [0.1, 0.15) is 5.75 Å². The Balaban J connectivity index is 2.32. The highest BCUT2D eigenvalue weighted by Gasteiger charge is 2.19. The number of benzene rings is 1. The lowest BCUT2D eigenvalue weighted by atomic mass is 9.83. The molecule has 0 saturated heterocycles. The average molecular weight is 213 g/mol. The topological polar surface area (TPSA) is 33.0 Å². The van der Waals surface area contributed by atoms with Crippen molar-refractivity contribution in [1.29, 1.82) is 5.26 Å². The van der Waals surface area contributed by atoms with Crippen LogP contribution in [0.4, 0.5) is 0 Å². The van der Waals surface area contributed by atoms with Crippen molar-refractivity contribution in [1.82, 2.24) is 0 Å². The lowest BCUT2D eigenvalue weighted by molar-refractivity contribution is 0.414. The molecule has 0 aromatic heterocycles. The maximum Gasteiger partial charge on any atom is 0.119 e. The summed E-state index contributed by atoms with van der Waals surface area (Å²) in [7, 11) is 1.67. The quantitative estimate of drug-likeness (QED) is 0.754. The summed E-state index contributed by atoms with van der Waals surface area (Å²) in [5.41, 5.74) is 2.09. The zero-order valence-electron chi connectivity index (χ0n) is 9.44. The van der Waals surface area contributed by atoms with Gasteiger partial charge in [-0.3, -0.25) is 0 Å². The number of rotatable bonds is 2. The van der Waals surface area contributed by atoms with E-state index in [1.807, 2.05) is 18.2 Å². The van der Waals surface area contributed by atoms with Crippen LogP contribution in [0.5, 0.6) is 5.75 Å². The van der Waals surface area contributed by atoms with Crippen LogP contribution in [0.2, 0.25) is 0 Å². The Bertz CT molecular complexity index is 442. The van der Waals surface area contributed by atoms with Gasteiger partial charge in [0.05, 0.1) is 13.2 Å². The molecule has 0 saturated carbocycles. The van der Waals surface area contributed by atoms with Gasteiger partial charge in [-0.1, -0.05) is 18.2 Å². The van der Waals surface area contributed by atoms with Gasteiger partial charge in [-0.05, 0) is 37.0 Å². The summed E-state index contributed by atoms with van der Waals surface area (Å²) < 4.78 is 5.21. The van der Waals surface area contributed by atoms with E-state index in [9.17, 15) is 0 Å². The molecule has 1 atom stereocenters. The molecular weight excluding hydrogens is 198 g/mol. The molecule has 1 aliphatic rings. The number of hydrogen-bond acceptors (Lipinski definition) is 2. The Morgan fingerprint density at radius 3 is 3.06 bits per heavy atom. The van der Waals surface area contributed by atoms with E-state index in [-0.39, 0.29) is 5.92 Å². The third kappa shape index (κ3) is 2.09. The van der Waals surface area contributed by atoms with Crippen LogP contribution in [0, 0.1) is 11.3 Å². The third-order valence-electron chi connectivity index (χ3n) is 3.06. The molecule has 0 spiro atoms. The van der Waals surface area contributed by atoms with Crippen LogP contribution in [0.3, 0.4) is 0 Å². The summed E-state index contributed by atoms with van der Waals surface area (Å²) in [6, 6.07) is 10.3. The molecule has 0 bridgehead atoms. The molecule has 0 amide bonds. The first kappa shape index (κ1) is 10.8. The van der Waals surface area contributed by atoms with E-state index in [1.165, 1.54) is 5.56 Å². The van der Waals surface area contributed by atoms with Gasteiger partial charge in [-0.2, -0.15) is 5.26 Å². The number of allylic oxidation sites excluding steroid dienone is 2. The number of nitriles is 1. The van der Waals surface area contributed by atoms with Crippen molar-refractivity contribution >= 4 is 0 Å². The van der Waals surface area contributed by atoms with Crippen LogP contribution in [-0.4, -0.2) is 7.11 Å². The van der Waals surface area contributed by atoms with Crippen molar-refractivity contribution in [3.63, 3.8) is 0 Å². The Morgan fingerprint density at radius 1 is 1.44 bits per heavy atom. The highest BCUT2D eigenvalue weighted by Crippen LogP contribution is 2.34. The molecule has 2 heteroatoms. The number of nitrogens with zero attached hydrogens (tertiary/aromatic N) is 1. The summed E-state index contributed by atoms with van der Waals surface area (Å²) in [6.45, 7) is 0. The van der Waals surface area contributed by atoms with Crippen LogP contribution in [-0.2, 0) is 0 Å². The lowest BCUT2D eigenvalue weighted by Crippen LogP contribution is -2.06. The van der Waals surface area contributed by atoms with Crippen LogP contribution >= 0.6 is 0 Å². The summed E-state index contributed by atoms with van der Waals surface area (Å²) in [5, 5.41) is 9.10. The second kappa shape index (κ2) is 4.85. The zero-order valence-corrected chi connectivity index (χ0v) is 9.44. The minimum atomic E-state index is 0.258. The molecule has 0 radical (unpaired) electrons. The largest absolute Gasteiger partial charge is 0.497 e. The Morgan fingerprint density at radius 2 is 2.31 bits per heavy atom. The third-order valence-corrected chi connectivity index (χ3v) is 3.06. The second-order valence-electron chi connectivity index (χ2n) is 4.03. The molecule has 2 nitrogen and oxygen atoms in total. The number of methoxy groups -OCH3 is 1. The smallest absolute Gasteiger partial charge is 0.119 e. The van der Waals surface area contributed by atoms with Crippen LogP contribution < -0.4 is 4.74 Å². The molecule has 0 N–H and O–H groups in total. The van der Waals surface area contributed by atoms with Gasteiger partial charge in [0.15, 0.2) is 0 Å². The molecule has 0 heterocycles. The predicted molar refractivity (Wildman–Crippen MR) is 63.3 cm³/mol. The van der Waals surface area contributed by atoms with Crippen molar-refractivity contribution in [3.05, 3.63) is 41.5 Å². The van der Waals surface area contributed by atoms with Gasteiger partial charge < -0.3 is 4.74 Å². The van der Waals surface area contributed by atoms with Crippen molar-refractivity contribution in [3.8, 4) is 11.8 Å². The van der Waals surface area contributed by atoms with Crippen LogP contribution in [0.15, 0.2) is 35.9 Å². The molecule has 1 aliphatic carbocycles. The molecule has 0 aliphatic heterocycles.